The van der Waals surface area contributed by atoms with Crippen molar-refractivity contribution in [2.24, 2.45) is 0 Å². The number of rotatable bonds is 5. The minimum absolute atomic E-state index is 0.217. The van der Waals surface area contributed by atoms with E-state index in [9.17, 15) is 10.1 Å². The van der Waals surface area contributed by atoms with Crippen LogP contribution in [0.1, 0.15) is 40.0 Å². The zero-order valence-corrected chi connectivity index (χ0v) is 22.4. The molecule has 4 heterocycles. The Morgan fingerprint density at radius 3 is 2.74 bits per heavy atom. The number of nitriles is 1. The zero-order valence-electron chi connectivity index (χ0n) is 20.8. The fraction of sp³-hybridized carbons (Fsp3) is 0.600. The van der Waals surface area contributed by atoms with E-state index in [2.05, 4.69) is 43.8 Å². The molecule has 0 saturated carbocycles. The van der Waals surface area contributed by atoms with Crippen molar-refractivity contribution in [2.45, 2.75) is 57.7 Å². The molecule has 10 heteroatoms. The van der Waals surface area contributed by atoms with Crippen molar-refractivity contribution in [2.75, 3.05) is 44.7 Å². The number of aromatic nitrogens is 2. The zero-order chi connectivity index (χ0) is 25.2. The smallest absolute Gasteiger partial charge is 0.410 e. The first kappa shape index (κ1) is 25.5. The fourth-order valence-electron chi connectivity index (χ4n) is 4.65. The van der Waals surface area contributed by atoms with Crippen LogP contribution in [0.5, 0.6) is 5.88 Å². The quantitative estimate of drug-likeness (QED) is 0.552. The highest BCUT2D eigenvalue weighted by Gasteiger charge is 2.34. The Morgan fingerprint density at radius 1 is 1.26 bits per heavy atom. The minimum atomic E-state index is -0.594. The molecule has 0 aromatic carbocycles. The van der Waals surface area contributed by atoms with Crippen molar-refractivity contribution in [1.29, 1.82) is 5.26 Å². The van der Waals surface area contributed by atoms with Gasteiger partial charge >= 0.3 is 6.09 Å². The molecular weight excluding hydrogens is 512 g/mol. The Morgan fingerprint density at radius 2 is 2.06 bits per heavy atom. The summed E-state index contributed by atoms with van der Waals surface area (Å²) in [6.45, 7) is 8.74. The van der Waals surface area contributed by atoms with E-state index >= 15 is 0 Å². The van der Waals surface area contributed by atoms with Crippen LogP contribution in [0.2, 0.25) is 0 Å². The Balaban J connectivity index is 1.60. The summed E-state index contributed by atoms with van der Waals surface area (Å²) in [5.41, 5.74) is 1.80. The lowest BCUT2D eigenvalue weighted by Gasteiger charge is -2.42. The first-order valence-corrected chi connectivity index (χ1v) is 12.8. The van der Waals surface area contributed by atoms with Crippen LogP contribution in [-0.4, -0.2) is 83.4 Å². The van der Waals surface area contributed by atoms with Gasteiger partial charge in [-0.3, -0.25) is 4.98 Å². The summed E-state index contributed by atoms with van der Waals surface area (Å²) in [7, 11) is 2.13. The summed E-state index contributed by atoms with van der Waals surface area (Å²) in [4.78, 5) is 28.3. The molecule has 2 fully saturated rings. The van der Waals surface area contributed by atoms with Gasteiger partial charge in [0.05, 0.1) is 29.7 Å². The molecule has 2 aliphatic heterocycles. The van der Waals surface area contributed by atoms with Gasteiger partial charge in [-0.25, -0.2) is 9.78 Å². The van der Waals surface area contributed by atoms with Crippen LogP contribution in [0.15, 0.2) is 22.8 Å². The predicted octanol–water partition coefficient (Wildman–Crippen LogP) is 4.20. The predicted molar refractivity (Wildman–Crippen MR) is 138 cm³/mol. The molecule has 2 aromatic rings. The number of hydrogen-bond acceptors (Lipinski definition) is 8. The van der Waals surface area contributed by atoms with Crippen LogP contribution in [0.4, 0.5) is 10.5 Å². The number of pyridine rings is 2. The lowest BCUT2D eigenvalue weighted by molar-refractivity contribution is 0.0145. The van der Waals surface area contributed by atoms with Crippen LogP contribution in [-0.2, 0) is 4.74 Å². The van der Waals surface area contributed by atoms with Gasteiger partial charge in [-0.2, -0.15) is 5.26 Å². The highest BCUT2D eigenvalue weighted by atomic mass is 79.9. The highest BCUT2D eigenvalue weighted by molar-refractivity contribution is 9.10. The van der Waals surface area contributed by atoms with E-state index < -0.39 is 5.60 Å². The van der Waals surface area contributed by atoms with Crippen LogP contribution in [0.3, 0.4) is 0 Å². The number of likely N-dealkylation sites (N-methyl/N-ethyl adjacent to an activating group) is 1. The molecule has 9 nitrogen and oxygen atoms in total. The van der Waals surface area contributed by atoms with Crippen molar-refractivity contribution in [3.05, 3.63) is 22.8 Å². The van der Waals surface area contributed by atoms with E-state index in [0.29, 0.717) is 38.2 Å². The third-order valence-corrected chi connectivity index (χ3v) is 6.87. The Bertz CT molecular complexity index is 1110. The maximum absolute atomic E-state index is 12.8. The normalized spacial score (nSPS) is 21.3. The molecule has 35 heavy (non-hydrogen) atoms. The standard InChI is InChI=1S/C25H33BrN6O3/c1-25(2,3)35-24(33)32-11-10-31(15-18(32)7-8-27)21-13-22(34-16-19-6-5-9-30(19)4)29-20-12-17(26)14-28-23(20)21/h12-14,18-19H,5-7,9-11,15-16H2,1-4H3/t18?,19-/m0/s1. The molecule has 0 radical (unpaired) electrons. The van der Waals surface area contributed by atoms with Crippen molar-refractivity contribution in [3.63, 3.8) is 0 Å². The Kier molecular flexibility index (Phi) is 7.67. The van der Waals surface area contributed by atoms with Gasteiger partial charge < -0.3 is 24.2 Å². The number of fused-ring (bicyclic) bond motifs is 1. The molecule has 188 valence electrons. The maximum atomic E-state index is 12.8. The van der Waals surface area contributed by atoms with Crippen molar-refractivity contribution >= 4 is 38.7 Å². The number of piperazine rings is 1. The first-order chi connectivity index (χ1) is 16.6. The number of anilines is 1. The SMILES string of the molecule is CN1CCC[C@H]1COc1cc(N2CCN(C(=O)OC(C)(C)C)C(CC#N)C2)c2ncc(Br)cc2n1. The van der Waals surface area contributed by atoms with Gasteiger partial charge in [0.2, 0.25) is 5.88 Å². The molecule has 1 unspecified atom stereocenters. The second-order valence-electron chi connectivity index (χ2n) is 10.2. The van der Waals surface area contributed by atoms with Gasteiger partial charge in [0.1, 0.15) is 17.7 Å². The number of carbonyl (C=O) groups excluding carboxylic acids is 1. The average molecular weight is 545 g/mol. The number of halogens is 1. The topological polar surface area (TPSA) is 94.8 Å². The molecule has 2 atom stereocenters. The summed E-state index contributed by atoms with van der Waals surface area (Å²) in [5.74, 6) is 0.555. The summed E-state index contributed by atoms with van der Waals surface area (Å²) in [6, 6.07) is 6.19. The van der Waals surface area contributed by atoms with Gasteiger partial charge in [-0.05, 0) is 69.2 Å². The van der Waals surface area contributed by atoms with Gasteiger partial charge in [-0.1, -0.05) is 0 Å². The largest absolute Gasteiger partial charge is 0.476 e. The van der Waals surface area contributed by atoms with Gasteiger partial charge in [0, 0.05) is 42.4 Å². The molecule has 0 aliphatic carbocycles. The number of likely N-dealkylation sites (tertiary alicyclic amines) is 1. The summed E-state index contributed by atoms with van der Waals surface area (Å²) in [5, 5.41) is 9.45. The van der Waals surface area contributed by atoms with Crippen LogP contribution < -0.4 is 9.64 Å². The molecular formula is C25H33BrN6O3. The minimum Gasteiger partial charge on any atom is -0.476 e. The van der Waals surface area contributed by atoms with Crippen LogP contribution in [0, 0.1) is 11.3 Å². The molecule has 2 saturated heterocycles. The van der Waals surface area contributed by atoms with Gasteiger partial charge in [-0.15, -0.1) is 0 Å². The van der Waals surface area contributed by atoms with E-state index in [-0.39, 0.29) is 18.6 Å². The molecule has 0 bridgehead atoms. The number of ether oxygens (including phenoxy) is 2. The Hall–Kier alpha value is -2.64. The monoisotopic (exact) mass is 544 g/mol. The van der Waals surface area contributed by atoms with E-state index in [0.717, 1.165) is 34.2 Å². The molecule has 4 rings (SSSR count). The molecule has 2 aromatic heterocycles. The van der Waals surface area contributed by atoms with Crippen molar-refractivity contribution < 1.29 is 14.3 Å². The molecule has 0 N–H and O–H groups in total. The van der Waals surface area contributed by atoms with E-state index in [4.69, 9.17) is 14.5 Å². The second-order valence-corrected chi connectivity index (χ2v) is 11.1. The molecule has 1 amide bonds. The van der Waals surface area contributed by atoms with Crippen LogP contribution in [0.25, 0.3) is 11.0 Å². The Labute approximate surface area is 215 Å². The second kappa shape index (κ2) is 10.5. The van der Waals surface area contributed by atoms with E-state index in [1.807, 2.05) is 32.9 Å². The summed E-state index contributed by atoms with van der Waals surface area (Å²) in [6.07, 6.45) is 3.89. The third-order valence-electron chi connectivity index (χ3n) is 6.44. The maximum Gasteiger partial charge on any atom is 0.410 e. The highest BCUT2D eigenvalue weighted by Crippen LogP contribution is 2.32. The van der Waals surface area contributed by atoms with Crippen LogP contribution >= 0.6 is 15.9 Å². The first-order valence-electron chi connectivity index (χ1n) is 12.1. The summed E-state index contributed by atoms with van der Waals surface area (Å²) >= 11 is 3.50. The number of nitrogens with zero attached hydrogens (tertiary/aromatic N) is 6. The lowest BCUT2D eigenvalue weighted by Crippen LogP contribution is -2.56. The van der Waals surface area contributed by atoms with Gasteiger partial charge in [0.25, 0.3) is 0 Å². The van der Waals surface area contributed by atoms with Gasteiger partial charge in [0.15, 0.2) is 0 Å². The summed E-state index contributed by atoms with van der Waals surface area (Å²) < 4.78 is 12.6. The molecule has 0 spiro atoms. The number of carbonyl (C=O) groups is 1. The lowest BCUT2D eigenvalue weighted by atomic mass is 10.1. The number of amides is 1. The fourth-order valence-corrected chi connectivity index (χ4v) is 4.97. The van der Waals surface area contributed by atoms with Crippen molar-refractivity contribution in [3.8, 4) is 11.9 Å². The third kappa shape index (κ3) is 6.14. The average Bonchev–Trinajstić information content (AvgIpc) is 3.20. The molecule has 2 aliphatic rings. The van der Waals surface area contributed by atoms with Crippen molar-refractivity contribution in [1.82, 2.24) is 19.8 Å². The van der Waals surface area contributed by atoms with E-state index in [1.54, 1.807) is 11.1 Å². The number of hydrogen-bond donors (Lipinski definition) is 0. The van der Waals surface area contributed by atoms with E-state index in [1.165, 1.54) is 6.42 Å².